The molecule has 1 amide bonds. The maximum atomic E-state index is 12.2. The summed E-state index contributed by atoms with van der Waals surface area (Å²) in [6, 6.07) is 7.05. The number of carbonyl (C=O) groups is 2. The van der Waals surface area contributed by atoms with Gasteiger partial charge in [-0.05, 0) is 43.9 Å². The van der Waals surface area contributed by atoms with Crippen molar-refractivity contribution in [3.63, 3.8) is 0 Å². The van der Waals surface area contributed by atoms with Crippen LogP contribution in [0.15, 0.2) is 48.1 Å². The Labute approximate surface area is 156 Å². The fourth-order valence-corrected chi connectivity index (χ4v) is 3.17. The van der Waals surface area contributed by atoms with Crippen LogP contribution < -0.4 is 0 Å². The van der Waals surface area contributed by atoms with Crippen molar-refractivity contribution in [3.8, 4) is 0 Å². The third-order valence-electron chi connectivity index (χ3n) is 4.82. The molecule has 1 aromatic rings. The Bertz CT molecular complexity index is 673. The number of allylic oxidation sites excluding steroid dienone is 3. The molecule has 2 rings (SSSR count). The second-order valence-corrected chi connectivity index (χ2v) is 6.89. The number of unbranched alkanes of at least 4 members (excludes halogenated alkanes) is 2. The molecule has 1 aliphatic rings. The highest BCUT2D eigenvalue weighted by Gasteiger charge is 2.28. The Morgan fingerprint density at radius 3 is 2.69 bits per heavy atom. The second-order valence-electron chi connectivity index (χ2n) is 6.89. The van der Waals surface area contributed by atoms with Crippen LogP contribution in [0, 0.1) is 0 Å². The fourth-order valence-electron chi connectivity index (χ4n) is 3.17. The molecule has 1 unspecified atom stereocenters. The second kappa shape index (κ2) is 9.95. The van der Waals surface area contributed by atoms with Gasteiger partial charge in [-0.15, -0.1) is 0 Å². The van der Waals surface area contributed by atoms with E-state index in [0.717, 1.165) is 24.8 Å². The van der Waals surface area contributed by atoms with Crippen molar-refractivity contribution >= 4 is 11.9 Å². The largest absolute Gasteiger partial charge is 0.478 e. The number of benzene rings is 1. The lowest BCUT2D eigenvalue weighted by molar-refractivity contribution is -0.128. The number of likely N-dealkylation sites (tertiary alicyclic amines) is 1. The number of nitrogens with zero attached hydrogens (tertiary/aromatic N) is 1. The zero-order chi connectivity index (χ0) is 18.9. The molecule has 140 valence electrons. The molecule has 0 radical (unpaired) electrons. The normalized spacial score (nSPS) is 18.1. The van der Waals surface area contributed by atoms with Crippen LogP contribution in [0.1, 0.15) is 61.9 Å². The molecule has 1 aliphatic heterocycles. The summed E-state index contributed by atoms with van der Waals surface area (Å²) >= 11 is 0. The van der Waals surface area contributed by atoms with E-state index < -0.39 is 5.97 Å². The number of carboxylic acids is 1. The third kappa shape index (κ3) is 5.87. The molecule has 0 bridgehead atoms. The Kier molecular flexibility index (Phi) is 7.64. The first-order valence-corrected chi connectivity index (χ1v) is 9.48. The predicted octanol–water partition coefficient (Wildman–Crippen LogP) is 4.61. The molecule has 1 saturated heterocycles. The van der Waals surface area contributed by atoms with Crippen molar-refractivity contribution in [1.82, 2.24) is 4.90 Å². The summed E-state index contributed by atoms with van der Waals surface area (Å²) in [4.78, 5) is 25.1. The molecule has 1 heterocycles. The van der Waals surface area contributed by atoms with Gasteiger partial charge in [-0.1, -0.05) is 55.7 Å². The summed E-state index contributed by atoms with van der Waals surface area (Å²) in [7, 11) is 0. The molecule has 26 heavy (non-hydrogen) atoms. The minimum absolute atomic E-state index is 0.162. The van der Waals surface area contributed by atoms with Crippen molar-refractivity contribution in [2.24, 2.45) is 0 Å². The Balaban J connectivity index is 1.92. The van der Waals surface area contributed by atoms with Crippen molar-refractivity contribution in [3.05, 3.63) is 59.2 Å². The van der Waals surface area contributed by atoms with Crippen molar-refractivity contribution in [1.29, 1.82) is 0 Å². The maximum absolute atomic E-state index is 12.2. The van der Waals surface area contributed by atoms with E-state index in [1.807, 2.05) is 17.0 Å². The van der Waals surface area contributed by atoms with Gasteiger partial charge in [0, 0.05) is 13.0 Å². The van der Waals surface area contributed by atoms with Crippen LogP contribution in [0.3, 0.4) is 0 Å². The van der Waals surface area contributed by atoms with Gasteiger partial charge < -0.3 is 10.0 Å². The first-order valence-electron chi connectivity index (χ1n) is 9.48. The molecule has 0 saturated carbocycles. The van der Waals surface area contributed by atoms with Gasteiger partial charge in [-0.25, -0.2) is 4.79 Å². The average Bonchev–Trinajstić information content (AvgIpc) is 2.98. The van der Waals surface area contributed by atoms with Gasteiger partial charge in [-0.2, -0.15) is 0 Å². The zero-order valence-corrected chi connectivity index (χ0v) is 15.8. The summed E-state index contributed by atoms with van der Waals surface area (Å²) in [5, 5.41) is 8.95. The first kappa shape index (κ1) is 20.0. The van der Waals surface area contributed by atoms with Crippen molar-refractivity contribution < 1.29 is 14.7 Å². The smallest absolute Gasteiger partial charge is 0.335 e. The van der Waals surface area contributed by atoms with Gasteiger partial charge in [0.1, 0.15) is 0 Å². The highest BCUT2D eigenvalue weighted by Crippen LogP contribution is 2.21. The fraction of sp³-hybridized carbons (Fsp3) is 0.455. The quantitative estimate of drug-likeness (QED) is 0.520. The van der Waals surface area contributed by atoms with Gasteiger partial charge >= 0.3 is 5.97 Å². The first-order chi connectivity index (χ1) is 12.5. The van der Waals surface area contributed by atoms with E-state index in [0.29, 0.717) is 13.0 Å². The van der Waals surface area contributed by atoms with E-state index in [4.69, 9.17) is 5.11 Å². The number of amides is 1. The molecule has 0 aliphatic carbocycles. The molecule has 0 aromatic heterocycles. The minimum atomic E-state index is -0.918. The minimum Gasteiger partial charge on any atom is -0.478 e. The molecule has 0 spiro atoms. The molecular weight excluding hydrogens is 326 g/mol. The van der Waals surface area contributed by atoms with Crippen LogP contribution in [-0.4, -0.2) is 34.5 Å². The van der Waals surface area contributed by atoms with Gasteiger partial charge in [0.25, 0.3) is 0 Å². The Hall–Kier alpha value is -2.36. The van der Waals surface area contributed by atoms with Crippen LogP contribution in [0.25, 0.3) is 0 Å². The van der Waals surface area contributed by atoms with Crippen LogP contribution in [0.5, 0.6) is 0 Å². The molecule has 1 N–H and O–H groups in total. The molecule has 1 aromatic carbocycles. The standard InChI is InChI=1S/C22H29NO3/c1-3-4-5-6-17(2)7-12-20-13-14-21(24)23(20)16-15-18-8-10-19(11-9-18)22(25)26/h6-12,20H,3-5,13-16H2,1-2H3,(H,25,26). The lowest BCUT2D eigenvalue weighted by Crippen LogP contribution is -2.33. The predicted molar refractivity (Wildman–Crippen MR) is 104 cm³/mol. The number of rotatable bonds is 9. The van der Waals surface area contributed by atoms with Gasteiger partial charge in [0.15, 0.2) is 0 Å². The van der Waals surface area contributed by atoms with Crippen molar-refractivity contribution in [2.45, 2.75) is 58.4 Å². The van der Waals surface area contributed by atoms with E-state index in [2.05, 4.69) is 32.1 Å². The van der Waals surface area contributed by atoms with Crippen LogP contribution in [0.4, 0.5) is 0 Å². The summed E-state index contributed by atoms with van der Waals surface area (Å²) in [6.45, 7) is 4.96. The Morgan fingerprint density at radius 2 is 2.04 bits per heavy atom. The van der Waals surface area contributed by atoms with E-state index >= 15 is 0 Å². The van der Waals surface area contributed by atoms with E-state index in [9.17, 15) is 9.59 Å². The SMILES string of the molecule is CCCCC=C(C)C=CC1CCC(=O)N1CCc1ccc(C(=O)O)cc1. The monoisotopic (exact) mass is 355 g/mol. The van der Waals surface area contributed by atoms with Crippen molar-refractivity contribution in [2.75, 3.05) is 6.54 Å². The molecule has 4 nitrogen and oxygen atoms in total. The number of hydrogen-bond acceptors (Lipinski definition) is 2. The van der Waals surface area contributed by atoms with E-state index in [1.54, 1.807) is 12.1 Å². The molecular formula is C22H29NO3. The highest BCUT2D eigenvalue weighted by atomic mass is 16.4. The highest BCUT2D eigenvalue weighted by molar-refractivity contribution is 5.87. The van der Waals surface area contributed by atoms with Crippen LogP contribution in [-0.2, 0) is 11.2 Å². The molecule has 4 heteroatoms. The van der Waals surface area contributed by atoms with Gasteiger partial charge in [0.2, 0.25) is 5.91 Å². The number of hydrogen-bond donors (Lipinski definition) is 1. The van der Waals surface area contributed by atoms with E-state index in [-0.39, 0.29) is 17.5 Å². The van der Waals surface area contributed by atoms with Gasteiger partial charge in [-0.3, -0.25) is 4.79 Å². The van der Waals surface area contributed by atoms with Crippen LogP contribution >= 0.6 is 0 Å². The average molecular weight is 355 g/mol. The topological polar surface area (TPSA) is 57.6 Å². The summed E-state index contributed by atoms with van der Waals surface area (Å²) in [6.07, 6.45) is 12.3. The molecule has 1 atom stereocenters. The maximum Gasteiger partial charge on any atom is 0.335 e. The lowest BCUT2D eigenvalue weighted by atomic mass is 10.1. The lowest BCUT2D eigenvalue weighted by Gasteiger charge is -2.22. The summed E-state index contributed by atoms with van der Waals surface area (Å²) in [5.74, 6) is -0.715. The summed E-state index contributed by atoms with van der Waals surface area (Å²) in [5.41, 5.74) is 2.59. The Morgan fingerprint density at radius 1 is 1.31 bits per heavy atom. The number of aromatic carboxylic acids is 1. The number of carboxylic acid groups (broad SMARTS) is 1. The number of carbonyl (C=O) groups excluding carboxylic acids is 1. The van der Waals surface area contributed by atoms with Gasteiger partial charge in [0.05, 0.1) is 11.6 Å². The zero-order valence-electron chi connectivity index (χ0n) is 15.8. The third-order valence-corrected chi connectivity index (χ3v) is 4.82. The van der Waals surface area contributed by atoms with Crippen LogP contribution in [0.2, 0.25) is 0 Å². The summed E-state index contributed by atoms with van der Waals surface area (Å²) < 4.78 is 0. The van der Waals surface area contributed by atoms with E-state index in [1.165, 1.54) is 18.4 Å². The molecule has 1 fully saturated rings.